The number of carbonyl (C=O) groups is 1. The first-order chi connectivity index (χ1) is 15.2. The van der Waals surface area contributed by atoms with Crippen molar-refractivity contribution in [2.75, 3.05) is 5.75 Å². The standard InChI is InChI=1S/C23H20ClN5OS/c1-2-29-22(17-10-12-19(24)13-11-17)27-28-23(29)31-15-21(30)26-25-14-18-8-5-7-16-6-3-4-9-20(16)18/h3-14H,2,15H2,1H3,(H,26,30). The zero-order chi connectivity index (χ0) is 21.6. The SMILES string of the molecule is CCn1c(SCC(=O)NN=Cc2cccc3ccccc23)nnc1-c1ccc(Cl)cc1. The maximum atomic E-state index is 12.3. The molecule has 1 amide bonds. The first kappa shape index (κ1) is 21.1. The highest BCUT2D eigenvalue weighted by molar-refractivity contribution is 7.99. The number of aromatic nitrogens is 3. The lowest BCUT2D eigenvalue weighted by Crippen LogP contribution is -2.20. The van der Waals surface area contributed by atoms with Gasteiger partial charge < -0.3 is 4.57 Å². The largest absolute Gasteiger partial charge is 0.302 e. The topological polar surface area (TPSA) is 72.2 Å². The maximum absolute atomic E-state index is 12.3. The van der Waals surface area contributed by atoms with Crippen molar-refractivity contribution in [1.82, 2.24) is 20.2 Å². The Balaban J connectivity index is 1.39. The first-order valence-electron chi connectivity index (χ1n) is 9.77. The van der Waals surface area contributed by atoms with Gasteiger partial charge in [0.05, 0.1) is 12.0 Å². The van der Waals surface area contributed by atoms with Crippen LogP contribution in [-0.2, 0) is 11.3 Å². The van der Waals surface area contributed by atoms with Gasteiger partial charge in [0.2, 0.25) is 0 Å². The smallest absolute Gasteiger partial charge is 0.250 e. The third kappa shape index (κ3) is 4.95. The highest BCUT2D eigenvalue weighted by Crippen LogP contribution is 2.25. The highest BCUT2D eigenvalue weighted by Gasteiger charge is 2.14. The number of halogens is 1. The fraction of sp³-hybridized carbons (Fsp3) is 0.130. The van der Waals surface area contributed by atoms with Crippen molar-refractivity contribution in [3.8, 4) is 11.4 Å². The number of nitrogens with one attached hydrogen (secondary N) is 1. The van der Waals surface area contributed by atoms with Crippen molar-refractivity contribution in [3.05, 3.63) is 77.3 Å². The molecule has 0 spiro atoms. The van der Waals surface area contributed by atoms with Gasteiger partial charge in [-0.25, -0.2) is 5.43 Å². The number of amides is 1. The van der Waals surface area contributed by atoms with Crippen LogP contribution in [0.25, 0.3) is 22.2 Å². The zero-order valence-corrected chi connectivity index (χ0v) is 18.4. The fourth-order valence-electron chi connectivity index (χ4n) is 3.19. The van der Waals surface area contributed by atoms with Crippen molar-refractivity contribution >= 4 is 46.3 Å². The van der Waals surface area contributed by atoms with Gasteiger partial charge in [0, 0.05) is 22.7 Å². The van der Waals surface area contributed by atoms with Crippen LogP contribution in [0.3, 0.4) is 0 Å². The van der Waals surface area contributed by atoms with E-state index in [1.54, 1.807) is 6.21 Å². The van der Waals surface area contributed by atoms with Crippen molar-refractivity contribution in [3.63, 3.8) is 0 Å². The van der Waals surface area contributed by atoms with Crippen LogP contribution in [0.4, 0.5) is 0 Å². The monoisotopic (exact) mass is 449 g/mol. The Morgan fingerprint density at radius 2 is 1.87 bits per heavy atom. The molecule has 1 heterocycles. The van der Waals surface area contributed by atoms with Gasteiger partial charge >= 0.3 is 0 Å². The van der Waals surface area contributed by atoms with Crippen LogP contribution < -0.4 is 5.43 Å². The second-order valence-corrected chi connectivity index (χ2v) is 8.09. The molecule has 0 saturated carbocycles. The number of rotatable bonds is 7. The Morgan fingerprint density at radius 3 is 2.68 bits per heavy atom. The number of thioether (sulfide) groups is 1. The predicted octanol–water partition coefficient (Wildman–Crippen LogP) is 5.01. The quantitative estimate of drug-likeness (QED) is 0.244. The highest BCUT2D eigenvalue weighted by atomic mass is 35.5. The maximum Gasteiger partial charge on any atom is 0.250 e. The number of hydrazone groups is 1. The van der Waals surface area contributed by atoms with Crippen LogP contribution in [0.15, 0.2) is 77.0 Å². The molecule has 0 aliphatic heterocycles. The second kappa shape index (κ2) is 9.76. The molecule has 1 N–H and O–H groups in total. The Bertz CT molecular complexity index is 1230. The number of hydrogen-bond acceptors (Lipinski definition) is 5. The van der Waals surface area contributed by atoms with Gasteiger partial charge in [-0.2, -0.15) is 5.10 Å². The summed E-state index contributed by atoms with van der Waals surface area (Å²) < 4.78 is 1.97. The van der Waals surface area contributed by atoms with Gasteiger partial charge in [0.1, 0.15) is 0 Å². The summed E-state index contributed by atoms with van der Waals surface area (Å²) in [7, 11) is 0. The molecule has 0 aliphatic rings. The number of carbonyl (C=O) groups excluding carboxylic acids is 1. The van der Waals surface area contributed by atoms with Gasteiger partial charge in [0.15, 0.2) is 11.0 Å². The molecule has 0 unspecified atom stereocenters. The average Bonchev–Trinajstić information content (AvgIpc) is 3.21. The molecule has 0 atom stereocenters. The van der Waals surface area contributed by atoms with E-state index in [0.717, 1.165) is 27.7 Å². The van der Waals surface area contributed by atoms with Gasteiger partial charge in [-0.05, 0) is 42.0 Å². The number of hydrogen-bond donors (Lipinski definition) is 1. The normalized spacial score (nSPS) is 11.3. The number of nitrogens with zero attached hydrogens (tertiary/aromatic N) is 4. The molecular formula is C23H20ClN5OS. The molecule has 0 radical (unpaired) electrons. The summed E-state index contributed by atoms with van der Waals surface area (Å²) in [6, 6.07) is 21.5. The summed E-state index contributed by atoms with van der Waals surface area (Å²) in [4.78, 5) is 12.3. The van der Waals surface area contributed by atoms with Gasteiger partial charge in [-0.1, -0.05) is 65.8 Å². The molecular weight excluding hydrogens is 430 g/mol. The molecule has 156 valence electrons. The lowest BCUT2D eigenvalue weighted by molar-refractivity contribution is -0.118. The van der Waals surface area contributed by atoms with E-state index >= 15 is 0 Å². The summed E-state index contributed by atoms with van der Waals surface area (Å²) in [5.41, 5.74) is 4.46. The fourth-order valence-corrected chi connectivity index (χ4v) is 4.11. The predicted molar refractivity (Wildman–Crippen MR) is 127 cm³/mol. The van der Waals surface area contributed by atoms with Gasteiger partial charge in [0.25, 0.3) is 5.91 Å². The first-order valence-corrected chi connectivity index (χ1v) is 11.1. The Kier molecular flexibility index (Phi) is 6.64. The molecule has 0 saturated heterocycles. The van der Waals surface area contributed by atoms with Crippen molar-refractivity contribution < 1.29 is 4.79 Å². The van der Waals surface area contributed by atoms with E-state index in [2.05, 4.69) is 20.7 Å². The second-order valence-electron chi connectivity index (χ2n) is 6.71. The van der Waals surface area contributed by atoms with E-state index in [0.29, 0.717) is 16.7 Å². The minimum absolute atomic E-state index is 0.186. The lowest BCUT2D eigenvalue weighted by Gasteiger charge is -2.07. The summed E-state index contributed by atoms with van der Waals surface area (Å²) >= 11 is 7.29. The van der Waals surface area contributed by atoms with E-state index in [4.69, 9.17) is 11.6 Å². The van der Waals surface area contributed by atoms with Crippen LogP contribution in [0.1, 0.15) is 12.5 Å². The number of fused-ring (bicyclic) bond motifs is 1. The molecule has 6 nitrogen and oxygen atoms in total. The third-order valence-corrected chi connectivity index (χ3v) is 5.90. The van der Waals surface area contributed by atoms with Crippen molar-refractivity contribution in [1.29, 1.82) is 0 Å². The summed E-state index contributed by atoms with van der Waals surface area (Å²) in [6.45, 7) is 2.70. The molecule has 8 heteroatoms. The van der Waals surface area contributed by atoms with Crippen LogP contribution in [0.5, 0.6) is 0 Å². The Morgan fingerprint density at radius 1 is 1.10 bits per heavy atom. The van der Waals surface area contributed by atoms with E-state index < -0.39 is 0 Å². The van der Waals surface area contributed by atoms with Crippen LogP contribution >= 0.6 is 23.4 Å². The molecule has 0 aliphatic carbocycles. The van der Waals surface area contributed by atoms with Crippen LogP contribution in [-0.4, -0.2) is 32.6 Å². The van der Waals surface area contributed by atoms with Gasteiger partial charge in [-0.3, -0.25) is 4.79 Å². The Labute approximate surface area is 189 Å². The molecule has 1 aromatic heterocycles. The molecule has 4 aromatic rings. The van der Waals surface area contributed by atoms with E-state index in [9.17, 15) is 4.79 Å². The van der Waals surface area contributed by atoms with Gasteiger partial charge in [-0.15, -0.1) is 10.2 Å². The van der Waals surface area contributed by atoms with Crippen LogP contribution in [0.2, 0.25) is 5.02 Å². The van der Waals surface area contributed by atoms with Crippen molar-refractivity contribution in [2.45, 2.75) is 18.6 Å². The van der Waals surface area contributed by atoms with Crippen LogP contribution in [0, 0.1) is 0 Å². The Hall–Kier alpha value is -3.16. The summed E-state index contributed by atoms with van der Waals surface area (Å²) in [6.07, 6.45) is 1.66. The summed E-state index contributed by atoms with van der Waals surface area (Å²) in [5.74, 6) is 0.724. The lowest BCUT2D eigenvalue weighted by atomic mass is 10.1. The summed E-state index contributed by atoms with van der Waals surface area (Å²) in [5, 5.41) is 16.2. The average molecular weight is 450 g/mol. The number of benzene rings is 3. The van der Waals surface area contributed by atoms with E-state index in [1.165, 1.54) is 11.8 Å². The third-order valence-electron chi connectivity index (χ3n) is 4.68. The minimum atomic E-state index is -0.208. The molecule has 0 fully saturated rings. The van der Waals surface area contributed by atoms with E-state index in [1.807, 2.05) is 78.2 Å². The zero-order valence-electron chi connectivity index (χ0n) is 16.8. The molecule has 3 aromatic carbocycles. The van der Waals surface area contributed by atoms with Crippen molar-refractivity contribution in [2.24, 2.45) is 5.10 Å². The molecule has 0 bridgehead atoms. The van der Waals surface area contributed by atoms with E-state index in [-0.39, 0.29) is 11.7 Å². The molecule has 31 heavy (non-hydrogen) atoms. The minimum Gasteiger partial charge on any atom is -0.302 e. The molecule has 4 rings (SSSR count).